The van der Waals surface area contributed by atoms with Gasteiger partial charge in [0, 0.05) is 28.7 Å². The van der Waals surface area contributed by atoms with Gasteiger partial charge in [-0.15, -0.1) is 11.3 Å². The summed E-state index contributed by atoms with van der Waals surface area (Å²) in [5.41, 5.74) is 1.87. The molecule has 6 heteroatoms. The third-order valence-electron chi connectivity index (χ3n) is 3.01. The lowest BCUT2D eigenvalue weighted by Gasteiger charge is -2.06. The molecule has 1 aromatic carbocycles. The fraction of sp³-hybridized carbons (Fsp3) is 0.0625. The molecular weight excluding hydrogens is 318 g/mol. The monoisotopic (exact) mass is 329 g/mol. The molecule has 3 rings (SSSR count). The van der Waals surface area contributed by atoms with Crippen molar-refractivity contribution < 1.29 is 4.79 Å². The quantitative estimate of drug-likeness (QED) is 0.774. The first-order valence-corrected chi connectivity index (χ1v) is 7.78. The molecule has 1 amide bonds. The first kappa shape index (κ1) is 14.7. The molecule has 22 heavy (non-hydrogen) atoms. The van der Waals surface area contributed by atoms with Gasteiger partial charge in [0.1, 0.15) is 5.69 Å². The van der Waals surface area contributed by atoms with Crippen molar-refractivity contribution in [3.63, 3.8) is 0 Å². The lowest BCUT2D eigenvalue weighted by Crippen LogP contribution is -2.13. The van der Waals surface area contributed by atoms with E-state index in [1.165, 1.54) is 11.3 Å². The number of pyridine rings is 1. The second kappa shape index (κ2) is 6.25. The van der Waals surface area contributed by atoms with Crippen molar-refractivity contribution in [3.8, 4) is 10.4 Å². The molecule has 2 heterocycles. The van der Waals surface area contributed by atoms with E-state index in [-0.39, 0.29) is 5.91 Å². The van der Waals surface area contributed by atoms with Crippen LogP contribution in [0.1, 0.15) is 15.5 Å². The molecule has 3 aromatic rings. The zero-order valence-corrected chi connectivity index (χ0v) is 13.3. The average Bonchev–Trinajstić information content (AvgIpc) is 2.90. The number of aromatic nitrogens is 2. The van der Waals surface area contributed by atoms with E-state index in [2.05, 4.69) is 15.3 Å². The van der Waals surface area contributed by atoms with Crippen LogP contribution in [0.25, 0.3) is 10.4 Å². The smallest absolute Gasteiger partial charge is 0.275 e. The number of hydrogen-bond acceptors (Lipinski definition) is 4. The van der Waals surface area contributed by atoms with Gasteiger partial charge in [0.15, 0.2) is 0 Å². The van der Waals surface area contributed by atoms with Gasteiger partial charge in [-0.25, -0.2) is 4.98 Å². The van der Waals surface area contributed by atoms with Crippen LogP contribution in [0, 0.1) is 6.92 Å². The van der Waals surface area contributed by atoms with Crippen molar-refractivity contribution in [2.45, 2.75) is 6.92 Å². The molecule has 0 radical (unpaired) electrons. The molecule has 0 fully saturated rings. The highest BCUT2D eigenvalue weighted by atomic mass is 35.5. The van der Waals surface area contributed by atoms with Gasteiger partial charge < -0.3 is 5.32 Å². The summed E-state index contributed by atoms with van der Waals surface area (Å²) in [6.07, 6.45) is 3.24. The van der Waals surface area contributed by atoms with Gasteiger partial charge in [-0.2, -0.15) is 0 Å². The minimum absolute atomic E-state index is 0.259. The summed E-state index contributed by atoms with van der Waals surface area (Å²) in [6, 6.07) is 10.9. The summed E-state index contributed by atoms with van der Waals surface area (Å²) in [4.78, 5) is 21.6. The fourth-order valence-electron chi connectivity index (χ4n) is 2.03. The van der Waals surface area contributed by atoms with Crippen LogP contribution in [0.3, 0.4) is 0 Å². The second-order valence-electron chi connectivity index (χ2n) is 4.58. The summed E-state index contributed by atoms with van der Waals surface area (Å²) < 4.78 is 0. The maximum atomic E-state index is 12.5. The number of carbonyl (C=O) groups excluding carboxylic acids is 1. The van der Waals surface area contributed by atoms with Gasteiger partial charge in [0.25, 0.3) is 5.91 Å². The predicted molar refractivity (Wildman–Crippen MR) is 89.5 cm³/mol. The molecule has 0 aliphatic rings. The maximum absolute atomic E-state index is 12.5. The van der Waals surface area contributed by atoms with E-state index in [4.69, 9.17) is 11.6 Å². The summed E-state index contributed by atoms with van der Waals surface area (Å²) in [7, 11) is 0. The molecule has 0 aliphatic heterocycles. The molecule has 0 atom stereocenters. The number of benzene rings is 1. The lowest BCUT2D eigenvalue weighted by atomic mass is 10.1. The Balaban J connectivity index is 1.98. The van der Waals surface area contributed by atoms with Gasteiger partial charge >= 0.3 is 0 Å². The zero-order chi connectivity index (χ0) is 15.5. The van der Waals surface area contributed by atoms with Gasteiger partial charge in [-0.3, -0.25) is 9.78 Å². The van der Waals surface area contributed by atoms with Gasteiger partial charge in [0.2, 0.25) is 0 Å². The molecule has 0 bridgehead atoms. The summed E-state index contributed by atoms with van der Waals surface area (Å²) in [5.74, 6) is -0.259. The number of nitrogens with one attached hydrogen (secondary N) is 1. The Kier molecular flexibility index (Phi) is 4.18. The molecule has 0 aliphatic carbocycles. The minimum atomic E-state index is -0.259. The molecule has 110 valence electrons. The molecule has 1 N–H and O–H groups in total. The number of halogens is 1. The molecule has 0 saturated heterocycles. The van der Waals surface area contributed by atoms with E-state index >= 15 is 0 Å². The normalized spacial score (nSPS) is 10.5. The van der Waals surface area contributed by atoms with Crippen LogP contribution in [-0.2, 0) is 0 Å². The van der Waals surface area contributed by atoms with Gasteiger partial charge in [0.05, 0.1) is 9.88 Å². The number of thiazole rings is 1. The van der Waals surface area contributed by atoms with Crippen LogP contribution < -0.4 is 5.32 Å². The summed E-state index contributed by atoms with van der Waals surface area (Å²) in [5, 5.41) is 4.24. The van der Waals surface area contributed by atoms with E-state index in [0.29, 0.717) is 16.4 Å². The Morgan fingerprint density at radius 1 is 1.18 bits per heavy atom. The fourth-order valence-corrected chi connectivity index (χ4v) is 3.28. The van der Waals surface area contributed by atoms with Crippen LogP contribution in [-0.4, -0.2) is 15.9 Å². The first-order chi connectivity index (χ1) is 10.6. The Hall–Kier alpha value is -2.24. The Morgan fingerprint density at radius 3 is 2.64 bits per heavy atom. The highest BCUT2D eigenvalue weighted by Crippen LogP contribution is 2.35. The van der Waals surface area contributed by atoms with Crippen molar-refractivity contribution >= 4 is 34.5 Å². The third-order valence-corrected chi connectivity index (χ3v) is 4.34. The van der Waals surface area contributed by atoms with Crippen molar-refractivity contribution in [1.82, 2.24) is 9.97 Å². The standard InChI is InChI=1S/C16H12ClN3OS/c1-10-19-14(16(21)20-11-6-8-18-9-7-11)15(22-10)12-4-2-3-5-13(12)17/h2-9H,1H3,(H,18,20,21). The highest BCUT2D eigenvalue weighted by molar-refractivity contribution is 7.15. The first-order valence-electron chi connectivity index (χ1n) is 6.59. The van der Waals surface area contributed by atoms with E-state index in [0.717, 1.165) is 15.4 Å². The topological polar surface area (TPSA) is 54.9 Å². The lowest BCUT2D eigenvalue weighted by molar-refractivity contribution is 0.102. The van der Waals surface area contributed by atoms with Crippen LogP contribution in [0.2, 0.25) is 5.02 Å². The highest BCUT2D eigenvalue weighted by Gasteiger charge is 2.19. The maximum Gasteiger partial charge on any atom is 0.275 e. The Labute approximate surface area is 136 Å². The van der Waals surface area contributed by atoms with Crippen LogP contribution >= 0.6 is 22.9 Å². The van der Waals surface area contributed by atoms with Crippen LogP contribution in [0.5, 0.6) is 0 Å². The summed E-state index contributed by atoms with van der Waals surface area (Å²) >= 11 is 7.70. The number of aryl methyl sites for hydroxylation is 1. The largest absolute Gasteiger partial charge is 0.320 e. The SMILES string of the molecule is Cc1nc(C(=O)Nc2ccncc2)c(-c2ccccc2Cl)s1. The summed E-state index contributed by atoms with van der Waals surface area (Å²) in [6.45, 7) is 1.87. The number of rotatable bonds is 3. The molecule has 0 spiro atoms. The van der Waals surface area contributed by atoms with E-state index in [1.54, 1.807) is 30.6 Å². The number of amides is 1. The minimum Gasteiger partial charge on any atom is -0.320 e. The predicted octanol–water partition coefficient (Wildman–Crippen LogP) is 4.42. The average molecular weight is 330 g/mol. The van der Waals surface area contributed by atoms with Crippen molar-refractivity contribution in [1.29, 1.82) is 0 Å². The van der Waals surface area contributed by atoms with E-state index < -0.39 is 0 Å². The third kappa shape index (κ3) is 3.00. The molecule has 0 saturated carbocycles. The van der Waals surface area contributed by atoms with Crippen LogP contribution in [0.4, 0.5) is 5.69 Å². The van der Waals surface area contributed by atoms with E-state index in [1.807, 2.05) is 25.1 Å². The van der Waals surface area contributed by atoms with Crippen molar-refractivity contribution in [2.24, 2.45) is 0 Å². The van der Waals surface area contributed by atoms with E-state index in [9.17, 15) is 4.79 Å². The second-order valence-corrected chi connectivity index (χ2v) is 6.19. The van der Waals surface area contributed by atoms with Crippen LogP contribution in [0.15, 0.2) is 48.8 Å². The van der Waals surface area contributed by atoms with Crippen molar-refractivity contribution in [2.75, 3.05) is 5.32 Å². The molecule has 2 aromatic heterocycles. The number of carbonyl (C=O) groups is 1. The van der Waals surface area contributed by atoms with Crippen molar-refractivity contribution in [3.05, 3.63) is 64.5 Å². The molecular formula is C16H12ClN3OS. The molecule has 4 nitrogen and oxygen atoms in total. The Bertz CT molecular complexity index is 817. The number of nitrogens with zero attached hydrogens (tertiary/aromatic N) is 2. The Morgan fingerprint density at radius 2 is 1.91 bits per heavy atom. The van der Waals surface area contributed by atoms with Gasteiger partial charge in [-0.1, -0.05) is 29.8 Å². The number of anilines is 1. The number of hydrogen-bond donors (Lipinski definition) is 1. The zero-order valence-electron chi connectivity index (χ0n) is 11.7. The molecule has 0 unspecified atom stereocenters. The van der Waals surface area contributed by atoms with Gasteiger partial charge in [-0.05, 0) is 25.1 Å².